The molecule has 0 N–H and O–H groups in total. The highest BCUT2D eigenvalue weighted by Crippen LogP contribution is 2.32. The molecule has 2 atom stereocenters. The van der Waals surface area contributed by atoms with Crippen LogP contribution in [0.4, 0.5) is 5.69 Å². The van der Waals surface area contributed by atoms with E-state index in [1.54, 1.807) is 29.1 Å². The lowest BCUT2D eigenvalue weighted by atomic mass is 10.1. The van der Waals surface area contributed by atoms with E-state index in [-0.39, 0.29) is 29.4 Å². The summed E-state index contributed by atoms with van der Waals surface area (Å²) >= 11 is 0. The van der Waals surface area contributed by atoms with Crippen molar-refractivity contribution in [3.8, 4) is 0 Å². The van der Waals surface area contributed by atoms with Gasteiger partial charge in [-0.1, -0.05) is 18.2 Å². The molecule has 2 saturated heterocycles. The van der Waals surface area contributed by atoms with E-state index in [1.165, 1.54) is 25.1 Å². The minimum absolute atomic E-state index is 0.101. The number of rotatable bonds is 11. The zero-order chi connectivity index (χ0) is 31.8. The first-order valence-corrected chi connectivity index (χ1v) is 17.6. The molecule has 2 unspecified atom stereocenters. The number of anilines is 1. The predicted octanol–water partition coefficient (Wildman–Crippen LogP) is 3.37. The van der Waals surface area contributed by atoms with E-state index in [9.17, 15) is 13.8 Å². The van der Waals surface area contributed by atoms with Crippen LogP contribution in [0.1, 0.15) is 53.0 Å². The van der Waals surface area contributed by atoms with E-state index < -0.39 is 10.8 Å². The summed E-state index contributed by atoms with van der Waals surface area (Å²) in [6.45, 7) is 5.24. The Kier molecular flexibility index (Phi) is 8.80. The van der Waals surface area contributed by atoms with Crippen molar-refractivity contribution in [1.82, 2.24) is 29.3 Å². The number of benzene rings is 1. The van der Waals surface area contributed by atoms with E-state index >= 15 is 0 Å². The number of carbonyl (C=O) groups is 1. The molecule has 5 heterocycles. The Bertz CT molecular complexity index is 1840. The largest absolute Gasteiger partial charge is 0.369 e. The molecule has 1 aliphatic carbocycles. The zero-order valence-corrected chi connectivity index (χ0v) is 27.4. The summed E-state index contributed by atoms with van der Waals surface area (Å²) in [7, 11) is 2.52. The van der Waals surface area contributed by atoms with Crippen molar-refractivity contribution < 1.29 is 9.00 Å². The fourth-order valence-corrected chi connectivity index (χ4v) is 8.01. The average molecular weight is 640 g/mol. The van der Waals surface area contributed by atoms with Gasteiger partial charge < -0.3 is 9.80 Å². The Morgan fingerprint density at radius 3 is 2.65 bits per heavy atom. The number of carbonyl (C=O) groups excluding carboxylic acids is 1. The van der Waals surface area contributed by atoms with Crippen molar-refractivity contribution in [3.63, 3.8) is 0 Å². The number of hydrogen-bond donors (Lipinski definition) is 0. The van der Waals surface area contributed by atoms with Crippen molar-refractivity contribution in [2.75, 3.05) is 57.5 Å². The van der Waals surface area contributed by atoms with Gasteiger partial charge in [-0.05, 0) is 76.2 Å². The van der Waals surface area contributed by atoms with Crippen LogP contribution in [0, 0.1) is 5.92 Å². The van der Waals surface area contributed by atoms with Crippen LogP contribution in [0.15, 0.2) is 64.7 Å². The molecule has 7 rings (SSSR count). The lowest BCUT2D eigenvalue weighted by molar-refractivity contribution is 0.0966. The maximum Gasteiger partial charge on any atom is 0.263 e. The highest BCUT2D eigenvalue weighted by atomic mass is 32.2. The lowest BCUT2D eigenvalue weighted by Gasteiger charge is -2.38. The van der Waals surface area contributed by atoms with Gasteiger partial charge in [0.2, 0.25) is 0 Å². The minimum Gasteiger partial charge on any atom is -0.369 e. The van der Waals surface area contributed by atoms with Crippen LogP contribution < -0.4 is 10.5 Å². The van der Waals surface area contributed by atoms with E-state index in [4.69, 9.17) is 4.98 Å². The molecule has 1 aromatic carbocycles. The van der Waals surface area contributed by atoms with Gasteiger partial charge in [0, 0.05) is 79.3 Å². The molecule has 3 fully saturated rings. The molecule has 3 aliphatic rings. The molecule has 2 aliphatic heterocycles. The van der Waals surface area contributed by atoms with Gasteiger partial charge >= 0.3 is 0 Å². The van der Waals surface area contributed by atoms with Crippen LogP contribution in [0.2, 0.25) is 0 Å². The Hall–Kier alpha value is -3.80. The van der Waals surface area contributed by atoms with E-state index in [0.717, 1.165) is 38.0 Å². The number of ketones is 1. The summed E-state index contributed by atoms with van der Waals surface area (Å²) in [5.74, 6) is 0.793. The highest BCUT2D eigenvalue weighted by molar-refractivity contribution is 7.85. The monoisotopic (exact) mass is 639 g/mol. The molecule has 3 aromatic heterocycles. The molecule has 0 amide bonds. The number of fused-ring (bicyclic) bond motifs is 2. The van der Waals surface area contributed by atoms with Crippen LogP contribution in [-0.4, -0.2) is 97.9 Å². The normalized spacial score (nSPS) is 19.1. The Morgan fingerprint density at radius 2 is 1.87 bits per heavy atom. The van der Waals surface area contributed by atoms with Crippen molar-refractivity contribution in [2.24, 2.45) is 5.92 Å². The maximum atomic E-state index is 14.0. The van der Waals surface area contributed by atoms with Crippen molar-refractivity contribution in [3.05, 3.63) is 87.7 Å². The standard InChI is InChI=1S/C35H41N7O3S/c1-39(2)17-18-46(45)34-26(5-3-13-36-34)22-42-33-27(20-30(35(42)44)32(43)25-9-10-25)21-37-31(38-33)19-24-7-11-28(12-8-24)41-16-15-40-14-4-6-29(40)23-41/h3,5,7-8,11-13,20-21,25,29H,4,6,9-10,14-19,22-23H2,1-2H3. The quantitative estimate of drug-likeness (QED) is 0.229. The molecule has 0 bridgehead atoms. The molecular weight excluding hydrogens is 598 g/mol. The number of aromatic nitrogens is 4. The second-order valence-corrected chi connectivity index (χ2v) is 14.6. The smallest absolute Gasteiger partial charge is 0.263 e. The molecule has 4 aromatic rings. The predicted molar refractivity (Wildman–Crippen MR) is 180 cm³/mol. The van der Waals surface area contributed by atoms with Gasteiger partial charge in [0.1, 0.15) is 16.5 Å². The van der Waals surface area contributed by atoms with E-state index in [1.807, 2.05) is 25.1 Å². The topological polar surface area (TPSA) is 105 Å². The summed E-state index contributed by atoms with van der Waals surface area (Å²) in [4.78, 5) is 48.2. The van der Waals surface area contributed by atoms with E-state index in [2.05, 4.69) is 44.0 Å². The molecule has 10 nitrogen and oxygen atoms in total. The molecule has 11 heteroatoms. The second kappa shape index (κ2) is 13.1. The van der Waals surface area contributed by atoms with Gasteiger partial charge in [-0.15, -0.1) is 0 Å². The molecule has 0 spiro atoms. The number of Topliss-reactive ketones (excluding diaryl/α,β-unsaturated/α-hetero) is 1. The second-order valence-electron chi connectivity index (χ2n) is 13.1. The molecule has 46 heavy (non-hydrogen) atoms. The third-order valence-electron chi connectivity index (χ3n) is 9.46. The van der Waals surface area contributed by atoms with Gasteiger partial charge in [0.25, 0.3) is 5.56 Å². The Morgan fingerprint density at radius 1 is 1.04 bits per heavy atom. The summed E-state index contributed by atoms with van der Waals surface area (Å²) < 4.78 is 14.8. The van der Waals surface area contributed by atoms with Crippen molar-refractivity contribution in [1.29, 1.82) is 0 Å². The van der Waals surface area contributed by atoms with Crippen LogP contribution in [-0.2, 0) is 23.8 Å². The van der Waals surface area contributed by atoms with Crippen LogP contribution >= 0.6 is 0 Å². The molecule has 0 radical (unpaired) electrons. The summed E-state index contributed by atoms with van der Waals surface area (Å²) in [6.07, 6.45) is 8.04. The number of pyridine rings is 2. The number of nitrogens with zero attached hydrogens (tertiary/aromatic N) is 7. The van der Waals surface area contributed by atoms with Gasteiger partial charge in [0.15, 0.2) is 5.78 Å². The fourth-order valence-electron chi connectivity index (χ4n) is 6.68. The minimum atomic E-state index is -1.35. The molecule has 1 saturated carbocycles. The first-order valence-electron chi connectivity index (χ1n) is 16.3. The summed E-state index contributed by atoms with van der Waals surface area (Å²) in [6, 6.07) is 14.6. The number of hydrogen-bond acceptors (Lipinski definition) is 9. The van der Waals surface area contributed by atoms with Crippen molar-refractivity contribution in [2.45, 2.75) is 49.7 Å². The number of piperazine rings is 1. The third-order valence-corrected chi connectivity index (χ3v) is 10.8. The molecule has 240 valence electrons. The summed E-state index contributed by atoms with van der Waals surface area (Å²) in [5, 5.41) is 1.08. The van der Waals surface area contributed by atoms with Crippen LogP contribution in [0.25, 0.3) is 11.0 Å². The van der Waals surface area contributed by atoms with Crippen molar-refractivity contribution >= 4 is 33.3 Å². The van der Waals surface area contributed by atoms with Gasteiger partial charge in [-0.25, -0.2) is 15.0 Å². The Balaban J connectivity index is 1.19. The van der Waals surface area contributed by atoms with Crippen LogP contribution in [0.5, 0.6) is 0 Å². The first kappa shape index (κ1) is 30.8. The average Bonchev–Trinajstić information content (AvgIpc) is 3.82. The first-order chi connectivity index (χ1) is 22.3. The zero-order valence-electron chi connectivity index (χ0n) is 26.6. The summed E-state index contributed by atoms with van der Waals surface area (Å²) in [5.41, 5.74) is 3.25. The maximum absolute atomic E-state index is 14.0. The van der Waals surface area contributed by atoms with Gasteiger partial charge in [-0.2, -0.15) is 0 Å². The lowest BCUT2D eigenvalue weighted by Crippen LogP contribution is -2.50. The Labute approximate surface area is 271 Å². The third kappa shape index (κ3) is 6.54. The van der Waals surface area contributed by atoms with Gasteiger partial charge in [-0.3, -0.25) is 23.3 Å². The SMILES string of the molecule is CN(C)CCS(=O)c1ncccc1Cn1c(=O)c(C(=O)C2CC2)cc2cnc(Cc3ccc(N4CCN5CCCC5C4)cc3)nc21. The fraction of sp³-hybridized carbons (Fsp3) is 0.457. The highest BCUT2D eigenvalue weighted by Gasteiger charge is 2.33. The van der Waals surface area contributed by atoms with Gasteiger partial charge in [0.05, 0.1) is 22.9 Å². The van der Waals surface area contributed by atoms with E-state index in [0.29, 0.717) is 52.2 Å². The molecular formula is C35H41N7O3S. The van der Waals surface area contributed by atoms with Crippen LogP contribution in [0.3, 0.4) is 0 Å².